The average Bonchev–Trinajstić information content (AvgIpc) is 2.70. The molecule has 0 aliphatic rings. The Balaban J connectivity index is 2.00. The van der Waals surface area contributed by atoms with Gasteiger partial charge in [0.2, 0.25) is 5.91 Å². The fraction of sp³-hybridized carbons (Fsp3) is 0.143. The number of anilines is 1. The number of aromatic nitrogens is 2. The van der Waals surface area contributed by atoms with Crippen LogP contribution in [0.15, 0.2) is 59.5 Å². The average molecular weight is 429 g/mol. The number of nitrogens with zero attached hydrogens (tertiary/aromatic N) is 2. The van der Waals surface area contributed by atoms with Crippen LogP contribution >= 0.6 is 11.6 Å². The maximum Gasteiger partial charge on any atom is 0.267 e. The summed E-state index contributed by atoms with van der Waals surface area (Å²) in [5.41, 5.74) is -0.00184. The number of carbonyl (C=O) groups excluding carboxylic acids is 2. The maximum absolute atomic E-state index is 13.3. The second-order valence-corrected chi connectivity index (χ2v) is 6.75. The van der Waals surface area contributed by atoms with Gasteiger partial charge >= 0.3 is 0 Å². The molecule has 30 heavy (non-hydrogen) atoms. The monoisotopic (exact) mass is 428 g/mol. The molecule has 2 amide bonds. The molecular formula is C21H18ClFN4O3. The third-order valence-electron chi connectivity index (χ3n) is 4.14. The first-order valence-corrected chi connectivity index (χ1v) is 9.46. The third-order valence-corrected chi connectivity index (χ3v) is 4.38. The summed E-state index contributed by atoms with van der Waals surface area (Å²) < 4.78 is 14.4. The van der Waals surface area contributed by atoms with E-state index >= 15 is 0 Å². The summed E-state index contributed by atoms with van der Waals surface area (Å²) in [6, 6.07) is 11.9. The molecule has 154 valence electrons. The van der Waals surface area contributed by atoms with Crippen molar-refractivity contribution in [2.75, 3.05) is 11.9 Å². The fourth-order valence-electron chi connectivity index (χ4n) is 2.79. The van der Waals surface area contributed by atoms with Crippen molar-refractivity contribution in [2.45, 2.75) is 13.5 Å². The summed E-state index contributed by atoms with van der Waals surface area (Å²) in [6.07, 6.45) is 1.15. The fourth-order valence-corrected chi connectivity index (χ4v) is 2.98. The van der Waals surface area contributed by atoms with Gasteiger partial charge in [0.05, 0.1) is 0 Å². The maximum atomic E-state index is 13.3. The van der Waals surface area contributed by atoms with Crippen molar-refractivity contribution in [1.29, 1.82) is 0 Å². The largest absolute Gasteiger partial charge is 0.352 e. The van der Waals surface area contributed by atoms with Crippen LogP contribution in [0, 0.1) is 5.82 Å². The molecule has 0 saturated carbocycles. The highest BCUT2D eigenvalue weighted by Crippen LogP contribution is 2.18. The molecule has 3 aromatic rings. The molecule has 0 atom stereocenters. The van der Waals surface area contributed by atoms with Crippen LogP contribution < -0.4 is 16.2 Å². The van der Waals surface area contributed by atoms with E-state index in [1.807, 2.05) is 0 Å². The summed E-state index contributed by atoms with van der Waals surface area (Å²) >= 11 is 5.93. The minimum atomic E-state index is -0.684. The molecule has 0 aliphatic heterocycles. The highest BCUT2D eigenvalue weighted by Gasteiger charge is 2.19. The van der Waals surface area contributed by atoms with E-state index in [9.17, 15) is 18.8 Å². The Bertz CT molecular complexity index is 1150. The van der Waals surface area contributed by atoms with E-state index in [1.165, 1.54) is 24.3 Å². The lowest BCUT2D eigenvalue weighted by molar-refractivity contribution is -0.116. The van der Waals surface area contributed by atoms with Crippen molar-refractivity contribution in [3.63, 3.8) is 0 Å². The molecule has 0 spiro atoms. The minimum Gasteiger partial charge on any atom is -0.352 e. The first-order valence-electron chi connectivity index (χ1n) is 9.08. The van der Waals surface area contributed by atoms with E-state index in [2.05, 4.69) is 15.6 Å². The van der Waals surface area contributed by atoms with Crippen LogP contribution in [0.1, 0.15) is 17.3 Å². The van der Waals surface area contributed by atoms with E-state index in [1.54, 1.807) is 31.2 Å². The van der Waals surface area contributed by atoms with Gasteiger partial charge in [0.15, 0.2) is 0 Å². The standard InChI is InChI=1S/C21H18ClFN4O3/c1-2-24-20(29)17-11-25-19(13-6-8-15(23)9-7-13)27(21(17)30)12-18(28)26-16-5-3-4-14(22)10-16/h3-11H,2,12H2,1H3,(H,24,29)(H,26,28). The van der Waals surface area contributed by atoms with Gasteiger partial charge in [-0.2, -0.15) is 0 Å². The van der Waals surface area contributed by atoms with Crippen molar-refractivity contribution in [3.8, 4) is 11.4 Å². The zero-order chi connectivity index (χ0) is 21.7. The van der Waals surface area contributed by atoms with Gasteiger partial charge in [-0.05, 0) is 49.4 Å². The molecular weight excluding hydrogens is 411 g/mol. The number of benzene rings is 2. The molecule has 7 nitrogen and oxygen atoms in total. The second-order valence-electron chi connectivity index (χ2n) is 6.31. The minimum absolute atomic E-state index is 0.134. The zero-order valence-corrected chi connectivity index (χ0v) is 16.7. The molecule has 1 heterocycles. The van der Waals surface area contributed by atoms with Gasteiger partial charge in [0.1, 0.15) is 23.7 Å². The quantitative estimate of drug-likeness (QED) is 0.631. The molecule has 2 N–H and O–H groups in total. The Morgan fingerprint density at radius 1 is 1.17 bits per heavy atom. The van der Waals surface area contributed by atoms with Crippen molar-refractivity contribution >= 4 is 29.1 Å². The van der Waals surface area contributed by atoms with Gasteiger partial charge in [-0.15, -0.1) is 0 Å². The van der Waals surface area contributed by atoms with E-state index < -0.39 is 29.7 Å². The number of hydrogen-bond acceptors (Lipinski definition) is 4. The Morgan fingerprint density at radius 2 is 1.90 bits per heavy atom. The molecule has 0 radical (unpaired) electrons. The van der Waals surface area contributed by atoms with Crippen LogP contribution in [0.3, 0.4) is 0 Å². The highest BCUT2D eigenvalue weighted by atomic mass is 35.5. The van der Waals surface area contributed by atoms with E-state index in [-0.39, 0.29) is 11.4 Å². The Hall–Kier alpha value is -3.52. The number of rotatable bonds is 6. The van der Waals surface area contributed by atoms with Crippen LogP contribution in [-0.2, 0) is 11.3 Å². The molecule has 3 rings (SSSR count). The Kier molecular flexibility index (Phi) is 6.58. The SMILES string of the molecule is CCNC(=O)c1cnc(-c2ccc(F)cc2)n(CC(=O)Nc2cccc(Cl)c2)c1=O. The molecule has 0 saturated heterocycles. The van der Waals surface area contributed by atoms with Crippen LogP contribution in [-0.4, -0.2) is 27.9 Å². The van der Waals surface area contributed by atoms with Crippen LogP contribution in [0.5, 0.6) is 0 Å². The van der Waals surface area contributed by atoms with E-state index in [0.29, 0.717) is 22.8 Å². The number of nitrogens with one attached hydrogen (secondary N) is 2. The molecule has 9 heteroatoms. The van der Waals surface area contributed by atoms with Crippen molar-refractivity contribution < 1.29 is 14.0 Å². The molecule has 2 aromatic carbocycles. The van der Waals surface area contributed by atoms with Crippen LogP contribution in [0.4, 0.5) is 10.1 Å². The first-order chi connectivity index (χ1) is 14.4. The lowest BCUT2D eigenvalue weighted by Crippen LogP contribution is -2.36. The number of carbonyl (C=O) groups is 2. The lowest BCUT2D eigenvalue weighted by Gasteiger charge is -2.14. The van der Waals surface area contributed by atoms with Crippen molar-refractivity contribution in [3.05, 3.63) is 81.5 Å². The third kappa shape index (κ3) is 4.90. The lowest BCUT2D eigenvalue weighted by atomic mass is 10.2. The smallest absolute Gasteiger partial charge is 0.267 e. The van der Waals surface area contributed by atoms with E-state index in [4.69, 9.17) is 11.6 Å². The highest BCUT2D eigenvalue weighted by molar-refractivity contribution is 6.30. The van der Waals surface area contributed by atoms with Gasteiger partial charge in [0, 0.05) is 29.0 Å². The van der Waals surface area contributed by atoms with Gasteiger partial charge in [-0.25, -0.2) is 9.37 Å². The summed E-state index contributed by atoms with van der Waals surface area (Å²) in [4.78, 5) is 42.0. The predicted octanol–water partition coefficient (Wildman–Crippen LogP) is 3.09. The number of amides is 2. The summed E-state index contributed by atoms with van der Waals surface area (Å²) in [5, 5.41) is 5.63. The van der Waals surface area contributed by atoms with Crippen molar-refractivity contribution in [1.82, 2.24) is 14.9 Å². The molecule has 0 bridgehead atoms. The molecule has 0 unspecified atom stereocenters. The Labute approximate surface area is 176 Å². The van der Waals surface area contributed by atoms with E-state index in [0.717, 1.165) is 10.8 Å². The second kappa shape index (κ2) is 9.32. The Morgan fingerprint density at radius 3 is 2.57 bits per heavy atom. The zero-order valence-electron chi connectivity index (χ0n) is 16.0. The number of halogens is 2. The van der Waals surface area contributed by atoms with Gasteiger partial charge in [-0.3, -0.25) is 19.0 Å². The van der Waals surface area contributed by atoms with Gasteiger partial charge in [-0.1, -0.05) is 17.7 Å². The molecule has 1 aromatic heterocycles. The molecule has 0 fully saturated rings. The summed E-state index contributed by atoms with van der Waals surface area (Å²) in [5.74, 6) is -1.43. The van der Waals surface area contributed by atoms with Crippen LogP contribution in [0.2, 0.25) is 5.02 Å². The van der Waals surface area contributed by atoms with Gasteiger partial charge in [0.25, 0.3) is 11.5 Å². The normalized spacial score (nSPS) is 10.5. The van der Waals surface area contributed by atoms with Crippen LogP contribution in [0.25, 0.3) is 11.4 Å². The van der Waals surface area contributed by atoms with Crippen molar-refractivity contribution in [2.24, 2.45) is 0 Å². The molecule has 0 aliphatic carbocycles. The first kappa shape index (κ1) is 21.2. The topological polar surface area (TPSA) is 93.1 Å². The summed E-state index contributed by atoms with van der Waals surface area (Å²) in [7, 11) is 0. The predicted molar refractivity (Wildman–Crippen MR) is 112 cm³/mol. The number of hydrogen-bond donors (Lipinski definition) is 2. The van der Waals surface area contributed by atoms with Gasteiger partial charge < -0.3 is 10.6 Å². The summed E-state index contributed by atoms with van der Waals surface area (Å²) in [6.45, 7) is 1.64.